The minimum Gasteiger partial charge on any atom is -0.370 e. The van der Waals surface area contributed by atoms with Crippen molar-refractivity contribution in [2.75, 3.05) is 11.9 Å². The van der Waals surface area contributed by atoms with Crippen molar-refractivity contribution >= 4 is 23.1 Å². The number of rotatable bonds is 4. The first-order valence-electron chi connectivity index (χ1n) is 5.63. The Balaban J connectivity index is 1.89. The molecule has 0 aliphatic carbocycles. The van der Waals surface area contributed by atoms with Crippen LogP contribution in [-0.4, -0.2) is 22.5 Å². The fraction of sp³-hybridized carbons (Fsp3) is 0.250. The third-order valence-electron chi connectivity index (χ3n) is 2.33. The van der Waals surface area contributed by atoms with Crippen LogP contribution in [0, 0.1) is 0 Å². The molecule has 1 unspecified atom stereocenters. The van der Waals surface area contributed by atoms with Gasteiger partial charge in [-0.05, 0) is 12.1 Å². The fourth-order valence-electron chi connectivity index (χ4n) is 1.40. The first-order chi connectivity index (χ1) is 8.75. The lowest BCUT2D eigenvalue weighted by molar-refractivity contribution is 0.766. The maximum atomic E-state index is 5.79. The number of nitrogens with zero attached hydrogens (tertiary/aromatic N) is 3. The molecular weight excluding hydrogens is 246 g/mol. The number of aliphatic imine (C=N–C) groups is 1. The molecule has 0 aliphatic heterocycles. The first-order valence-corrected chi connectivity index (χ1v) is 6.51. The highest BCUT2D eigenvalue weighted by Crippen LogP contribution is 2.17. The van der Waals surface area contributed by atoms with Crippen molar-refractivity contribution in [1.29, 1.82) is 0 Å². The maximum Gasteiger partial charge on any atom is 0.194 e. The van der Waals surface area contributed by atoms with Crippen LogP contribution in [0.25, 0.3) is 0 Å². The molecule has 0 bridgehead atoms. The van der Waals surface area contributed by atoms with Crippen molar-refractivity contribution in [3.63, 3.8) is 0 Å². The van der Waals surface area contributed by atoms with Crippen LogP contribution < -0.4 is 11.1 Å². The molecule has 0 aliphatic rings. The minimum atomic E-state index is 0.272. The molecular formula is C12H15N5S. The van der Waals surface area contributed by atoms with Crippen molar-refractivity contribution in [1.82, 2.24) is 9.97 Å². The van der Waals surface area contributed by atoms with Gasteiger partial charge in [-0.3, -0.25) is 4.99 Å². The molecule has 0 radical (unpaired) electrons. The average Bonchev–Trinajstić information content (AvgIpc) is 2.91. The number of pyridine rings is 1. The van der Waals surface area contributed by atoms with Crippen molar-refractivity contribution < 1.29 is 0 Å². The Morgan fingerprint density at radius 1 is 1.44 bits per heavy atom. The minimum absolute atomic E-state index is 0.272. The van der Waals surface area contributed by atoms with Crippen molar-refractivity contribution in [2.24, 2.45) is 10.7 Å². The van der Waals surface area contributed by atoms with E-state index < -0.39 is 0 Å². The van der Waals surface area contributed by atoms with Crippen LogP contribution >= 0.6 is 11.3 Å². The van der Waals surface area contributed by atoms with Gasteiger partial charge in [0.1, 0.15) is 5.82 Å². The van der Waals surface area contributed by atoms with Gasteiger partial charge in [0.25, 0.3) is 0 Å². The highest BCUT2D eigenvalue weighted by Gasteiger charge is 2.07. The number of hydrogen-bond acceptors (Lipinski definition) is 4. The normalized spacial score (nSPS) is 13.3. The smallest absolute Gasteiger partial charge is 0.194 e. The zero-order valence-electron chi connectivity index (χ0n) is 10.1. The van der Waals surface area contributed by atoms with E-state index in [-0.39, 0.29) is 5.92 Å². The molecule has 5 nitrogen and oxygen atoms in total. The van der Waals surface area contributed by atoms with Gasteiger partial charge in [0.15, 0.2) is 5.96 Å². The number of thiazole rings is 1. The van der Waals surface area contributed by atoms with E-state index in [1.807, 2.05) is 23.6 Å². The summed E-state index contributed by atoms with van der Waals surface area (Å²) in [6.07, 6.45) is 3.50. The molecule has 3 N–H and O–H groups in total. The fourth-order valence-corrected chi connectivity index (χ4v) is 2.09. The van der Waals surface area contributed by atoms with Gasteiger partial charge in [-0.1, -0.05) is 13.0 Å². The van der Waals surface area contributed by atoms with Crippen LogP contribution in [0.15, 0.2) is 41.0 Å². The predicted molar refractivity (Wildman–Crippen MR) is 74.9 cm³/mol. The maximum absolute atomic E-state index is 5.79. The van der Waals surface area contributed by atoms with E-state index in [1.165, 1.54) is 0 Å². The Hall–Kier alpha value is -1.95. The molecule has 0 amide bonds. The number of guanidine groups is 1. The Morgan fingerprint density at radius 3 is 3.00 bits per heavy atom. The Labute approximate surface area is 110 Å². The molecule has 0 fully saturated rings. The van der Waals surface area contributed by atoms with E-state index in [0.29, 0.717) is 18.3 Å². The van der Waals surface area contributed by atoms with Gasteiger partial charge >= 0.3 is 0 Å². The lowest BCUT2D eigenvalue weighted by atomic mass is 10.2. The number of aromatic nitrogens is 2. The molecule has 0 saturated heterocycles. The second-order valence-electron chi connectivity index (χ2n) is 3.84. The van der Waals surface area contributed by atoms with Gasteiger partial charge in [-0.15, -0.1) is 11.3 Å². The molecule has 2 aromatic rings. The van der Waals surface area contributed by atoms with Crippen LogP contribution in [0.4, 0.5) is 5.82 Å². The Kier molecular flexibility index (Phi) is 4.25. The molecule has 18 heavy (non-hydrogen) atoms. The number of nitrogens with one attached hydrogen (secondary N) is 1. The Morgan fingerprint density at radius 2 is 2.33 bits per heavy atom. The van der Waals surface area contributed by atoms with Crippen LogP contribution in [0.2, 0.25) is 0 Å². The van der Waals surface area contributed by atoms with E-state index in [9.17, 15) is 0 Å². The molecule has 1 atom stereocenters. The summed E-state index contributed by atoms with van der Waals surface area (Å²) in [5.74, 6) is 1.34. The van der Waals surface area contributed by atoms with Gasteiger partial charge in [-0.2, -0.15) is 0 Å². The van der Waals surface area contributed by atoms with Crippen molar-refractivity contribution in [3.05, 3.63) is 41.0 Å². The monoisotopic (exact) mass is 261 g/mol. The zero-order chi connectivity index (χ0) is 12.8. The molecule has 2 rings (SSSR count). The standard InChI is InChI=1S/C12H15N5S/c1-9(11-15-6-7-18-11)8-16-12(13)17-10-4-2-3-5-14-10/h2-7,9H,8H2,1H3,(H3,13,14,16,17). The second kappa shape index (κ2) is 6.11. The van der Waals surface area contributed by atoms with Crippen LogP contribution in [0.3, 0.4) is 0 Å². The van der Waals surface area contributed by atoms with Gasteiger partial charge in [0.05, 0.1) is 11.6 Å². The van der Waals surface area contributed by atoms with E-state index in [4.69, 9.17) is 5.73 Å². The topological polar surface area (TPSA) is 76.2 Å². The van der Waals surface area contributed by atoms with E-state index in [1.54, 1.807) is 23.7 Å². The molecule has 2 heterocycles. The van der Waals surface area contributed by atoms with Crippen LogP contribution in [-0.2, 0) is 0 Å². The van der Waals surface area contributed by atoms with Gasteiger partial charge in [0, 0.05) is 23.7 Å². The molecule has 0 aromatic carbocycles. The predicted octanol–water partition coefficient (Wildman–Crippen LogP) is 2.07. The summed E-state index contributed by atoms with van der Waals surface area (Å²) in [6.45, 7) is 2.69. The Bertz CT molecular complexity index is 494. The lowest BCUT2D eigenvalue weighted by Gasteiger charge is -2.07. The molecule has 0 spiro atoms. The third kappa shape index (κ3) is 3.53. The number of nitrogens with two attached hydrogens (primary N) is 1. The number of anilines is 1. The van der Waals surface area contributed by atoms with E-state index in [2.05, 4.69) is 27.2 Å². The van der Waals surface area contributed by atoms with Gasteiger partial charge < -0.3 is 11.1 Å². The van der Waals surface area contributed by atoms with E-state index >= 15 is 0 Å². The summed E-state index contributed by atoms with van der Waals surface area (Å²) >= 11 is 1.63. The molecule has 0 saturated carbocycles. The van der Waals surface area contributed by atoms with Crippen LogP contribution in [0.5, 0.6) is 0 Å². The SMILES string of the molecule is CC(CN=C(N)Nc1ccccn1)c1nccs1. The highest BCUT2D eigenvalue weighted by molar-refractivity contribution is 7.09. The summed E-state index contributed by atoms with van der Waals surface area (Å²) in [4.78, 5) is 12.7. The quantitative estimate of drug-likeness (QED) is 0.652. The molecule has 6 heteroatoms. The highest BCUT2D eigenvalue weighted by atomic mass is 32.1. The molecule has 94 valence electrons. The third-order valence-corrected chi connectivity index (χ3v) is 3.34. The summed E-state index contributed by atoms with van der Waals surface area (Å²) in [7, 11) is 0. The van der Waals surface area contributed by atoms with Crippen molar-refractivity contribution in [3.8, 4) is 0 Å². The summed E-state index contributed by atoms with van der Waals surface area (Å²) in [5.41, 5.74) is 5.79. The molecule has 2 aromatic heterocycles. The first kappa shape index (κ1) is 12.5. The van der Waals surface area contributed by atoms with Gasteiger partial charge in [-0.25, -0.2) is 9.97 Å². The summed E-state index contributed by atoms with van der Waals surface area (Å²) < 4.78 is 0. The summed E-state index contributed by atoms with van der Waals surface area (Å²) in [5, 5.41) is 5.98. The van der Waals surface area contributed by atoms with Crippen LogP contribution in [0.1, 0.15) is 17.8 Å². The largest absolute Gasteiger partial charge is 0.370 e. The van der Waals surface area contributed by atoms with Gasteiger partial charge in [0.2, 0.25) is 0 Å². The van der Waals surface area contributed by atoms with E-state index in [0.717, 1.165) is 5.01 Å². The second-order valence-corrected chi connectivity index (χ2v) is 4.76. The average molecular weight is 261 g/mol. The van der Waals surface area contributed by atoms with Crippen molar-refractivity contribution in [2.45, 2.75) is 12.8 Å². The summed E-state index contributed by atoms with van der Waals surface area (Å²) in [6, 6.07) is 5.58. The lowest BCUT2D eigenvalue weighted by Crippen LogP contribution is -2.23. The number of hydrogen-bond donors (Lipinski definition) is 2. The zero-order valence-corrected chi connectivity index (χ0v) is 10.9.